The highest BCUT2D eigenvalue weighted by molar-refractivity contribution is 6.08. The van der Waals surface area contributed by atoms with Crippen LogP contribution in [0.3, 0.4) is 0 Å². The second kappa shape index (κ2) is 16.3. The number of para-hydroxylation sites is 2. The summed E-state index contributed by atoms with van der Waals surface area (Å²) in [5.41, 5.74) is 20.5. The van der Waals surface area contributed by atoms with Crippen molar-refractivity contribution in [2.75, 3.05) is 4.90 Å². The van der Waals surface area contributed by atoms with Gasteiger partial charge in [0.15, 0.2) is 0 Å². The summed E-state index contributed by atoms with van der Waals surface area (Å²) < 4.78 is 13.0. The Hall–Kier alpha value is -8.40. The molecule has 0 aliphatic heterocycles. The third-order valence-electron chi connectivity index (χ3n) is 15.2. The first-order chi connectivity index (χ1) is 34.9. The molecule has 0 saturated carbocycles. The summed E-state index contributed by atoms with van der Waals surface area (Å²) in [6, 6.07) is 82.8. The van der Waals surface area contributed by atoms with E-state index in [1.165, 1.54) is 66.8 Å². The fourth-order valence-corrected chi connectivity index (χ4v) is 11.6. The van der Waals surface area contributed by atoms with E-state index in [1.807, 2.05) is 18.2 Å². The van der Waals surface area contributed by atoms with Crippen LogP contribution in [0.5, 0.6) is 0 Å². The monoisotopic (exact) mass is 929 g/mol. The summed E-state index contributed by atoms with van der Waals surface area (Å²) in [6.07, 6.45) is 0. The van der Waals surface area contributed by atoms with E-state index in [4.69, 9.17) is 8.83 Å². The van der Waals surface area contributed by atoms with Crippen LogP contribution in [0.25, 0.3) is 77.3 Å². The highest BCUT2D eigenvalue weighted by Gasteiger charge is 2.48. The van der Waals surface area contributed by atoms with Gasteiger partial charge in [-0.15, -0.1) is 0 Å². The summed E-state index contributed by atoms with van der Waals surface area (Å²) in [7, 11) is 0. The number of hydrogen-bond acceptors (Lipinski definition) is 3. The van der Waals surface area contributed by atoms with Crippen LogP contribution in [-0.2, 0) is 16.2 Å². The molecule has 3 heteroatoms. The van der Waals surface area contributed by atoms with E-state index in [1.54, 1.807) is 0 Å². The lowest BCUT2D eigenvalue weighted by molar-refractivity contribution is 0.569. The van der Waals surface area contributed by atoms with Crippen LogP contribution in [0.4, 0.5) is 17.1 Å². The van der Waals surface area contributed by atoms with Gasteiger partial charge in [0.2, 0.25) is 0 Å². The molecule has 1 aliphatic rings. The molecule has 0 atom stereocenters. The third-order valence-corrected chi connectivity index (χ3v) is 15.2. The smallest absolute Gasteiger partial charge is 0.137 e. The SMILES string of the molecule is CC(C)(C)c1cc(-c2cc(-c3ccccc3)cc3c2C(c2ccccc2)(c2ccccc2)c2cc(N(c4ccc5c(c4)oc4ccccc45)c4ccc5oc6ccccc6c5c4)ccc2-3)cc(C(C)(C)C)c1. The maximum Gasteiger partial charge on any atom is 0.137 e. The first-order valence-electron chi connectivity index (χ1n) is 25.2. The lowest BCUT2D eigenvalue weighted by Crippen LogP contribution is -2.29. The largest absolute Gasteiger partial charge is 0.456 e. The van der Waals surface area contributed by atoms with Crippen molar-refractivity contribution in [3.05, 3.63) is 258 Å². The van der Waals surface area contributed by atoms with Crippen molar-refractivity contribution >= 4 is 60.9 Å². The Morgan fingerprint density at radius 2 is 0.819 bits per heavy atom. The van der Waals surface area contributed by atoms with Gasteiger partial charge in [-0.2, -0.15) is 0 Å². The van der Waals surface area contributed by atoms with Gasteiger partial charge in [-0.3, -0.25) is 0 Å². The zero-order valence-corrected chi connectivity index (χ0v) is 41.6. The fourth-order valence-electron chi connectivity index (χ4n) is 11.6. The fraction of sp³-hybridized carbons (Fsp3) is 0.130. The molecule has 0 spiro atoms. The second-order valence-corrected chi connectivity index (χ2v) is 21.7. The quantitative estimate of drug-likeness (QED) is 0.159. The second-order valence-electron chi connectivity index (χ2n) is 21.7. The van der Waals surface area contributed by atoms with Gasteiger partial charge in [-0.05, 0) is 144 Å². The number of hydrogen-bond donors (Lipinski definition) is 0. The number of anilines is 3. The van der Waals surface area contributed by atoms with Crippen LogP contribution in [0.1, 0.15) is 74.9 Å². The van der Waals surface area contributed by atoms with Gasteiger partial charge in [-0.1, -0.05) is 193 Å². The minimum absolute atomic E-state index is 0.0787. The van der Waals surface area contributed by atoms with Gasteiger partial charge in [0.05, 0.1) is 5.41 Å². The van der Waals surface area contributed by atoms with Crippen molar-refractivity contribution < 1.29 is 8.83 Å². The van der Waals surface area contributed by atoms with Crippen LogP contribution in [-0.4, -0.2) is 0 Å². The Kier molecular flexibility index (Phi) is 9.89. The zero-order valence-electron chi connectivity index (χ0n) is 41.6. The van der Waals surface area contributed by atoms with Crippen LogP contribution in [0.2, 0.25) is 0 Å². The predicted molar refractivity (Wildman–Crippen MR) is 301 cm³/mol. The predicted octanol–water partition coefficient (Wildman–Crippen LogP) is 19.2. The standard InChI is InChI=1S/C69H55NO2/c1-67(2,3)49-36-46(37-50(40-49)68(4,5)6)58-38-45(44-20-10-7-11-21-44)39-60-54-33-30-52(42-61(54)69(66(58)60,47-22-12-8-13-23-47)48-24-14-9-15-25-48)70(51-32-35-64-59(41-51)56-27-17-19-29-63(56)71-64)53-31-34-57-55-26-16-18-28-62(55)72-65(57)43-53/h7-43H,1-6H3. The summed E-state index contributed by atoms with van der Waals surface area (Å²) >= 11 is 0. The Labute approximate surface area is 421 Å². The lowest BCUT2D eigenvalue weighted by atomic mass is 9.65. The molecule has 0 bridgehead atoms. The van der Waals surface area contributed by atoms with E-state index >= 15 is 0 Å². The molecular formula is C69H55NO2. The van der Waals surface area contributed by atoms with E-state index in [-0.39, 0.29) is 10.8 Å². The summed E-state index contributed by atoms with van der Waals surface area (Å²) in [4.78, 5) is 2.40. The van der Waals surface area contributed by atoms with Crippen LogP contribution < -0.4 is 4.90 Å². The van der Waals surface area contributed by atoms with Gasteiger partial charge in [0.25, 0.3) is 0 Å². The number of fused-ring (bicyclic) bond motifs is 9. The van der Waals surface area contributed by atoms with E-state index in [0.717, 1.165) is 60.9 Å². The molecule has 3 nitrogen and oxygen atoms in total. The van der Waals surface area contributed by atoms with Gasteiger partial charge in [0.1, 0.15) is 22.3 Å². The molecule has 72 heavy (non-hydrogen) atoms. The van der Waals surface area contributed by atoms with E-state index in [0.29, 0.717) is 0 Å². The highest BCUT2D eigenvalue weighted by Crippen LogP contribution is 2.61. The van der Waals surface area contributed by atoms with Crippen molar-refractivity contribution in [2.45, 2.75) is 57.8 Å². The van der Waals surface area contributed by atoms with Gasteiger partial charge in [-0.25, -0.2) is 0 Å². The zero-order chi connectivity index (χ0) is 48.9. The van der Waals surface area contributed by atoms with Gasteiger partial charge in [0, 0.05) is 44.7 Å². The van der Waals surface area contributed by atoms with E-state index in [9.17, 15) is 0 Å². The molecule has 0 amide bonds. The lowest BCUT2D eigenvalue weighted by Gasteiger charge is -2.36. The Morgan fingerprint density at radius 1 is 0.333 bits per heavy atom. The van der Waals surface area contributed by atoms with Crippen LogP contribution in [0.15, 0.2) is 233 Å². The number of nitrogens with zero attached hydrogens (tertiary/aromatic N) is 1. The summed E-state index contributed by atoms with van der Waals surface area (Å²) in [5, 5.41) is 4.36. The molecule has 0 fully saturated rings. The molecule has 0 radical (unpaired) electrons. The van der Waals surface area contributed by atoms with Crippen molar-refractivity contribution in [3.63, 3.8) is 0 Å². The Balaban J connectivity index is 1.14. The molecule has 10 aromatic carbocycles. The molecule has 0 unspecified atom stereocenters. The average Bonchev–Trinajstić information content (AvgIpc) is 4.07. The maximum absolute atomic E-state index is 6.62. The topological polar surface area (TPSA) is 29.5 Å². The van der Waals surface area contributed by atoms with E-state index < -0.39 is 5.41 Å². The van der Waals surface area contributed by atoms with E-state index in [2.05, 4.69) is 253 Å². The van der Waals surface area contributed by atoms with Crippen molar-refractivity contribution in [2.24, 2.45) is 0 Å². The molecular weight excluding hydrogens is 875 g/mol. The van der Waals surface area contributed by atoms with Crippen molar-refractivity contribution in [3.8, 4) is 33.4 Å². The minimum atomic E-state index is -0.730. The molecule has 13 rings (SSSR count). The molecule has 2 aromatic heterocycles. The first kappa shape index (κ1) is 43.6. The van der Waals surface area contributed by atoms with Gasteiger partial charge >= 0.3 is 0 Å². The summed E-state index contributed by atoms with van der Waals surface area (Å²) in [5.74, 6) is 0. The van der Waals surface area contributed by atoms with Crippen LogP contribution in [0, 0.1) is 0 Å². The molecule has 1 aliphatic carbocycles. The minimum Gasteiger partial charge on any atom is -0.456 e. The number of benzene rings is 10. The normalized spacial score (nSPS) is 13.2. The first-order valence-corrected chi connectivity index (χ1v) is 25.2. The van der Waals surface area contributed by atoms with Crippen LogP contribution >= 0.6 is 0 Å². The average molecular weight is 930 g/mol. The molecule has 12 aromatic rings. The molecule has 348 valence electrons. The third kappa shape index (κ3) is 6.94. The Morgan fingerprint density at radius 3 is 1.46 bits per heavy atom. The molecule has 0 saturated heterocycles. The number of rotatable bonds is 7. The number of furan rings is 2. The van der Waals surface area contributed by atoms with Gasteiger partial charge < -0.3 is 13.7 Å². The maximum atomic E-state index is 6.62. The highest BCUT2D eigenvalue weighted by atomic mass is 16.3. The summed E-state index contributed by atoms with van der Waals surface area (Å²) in [6.45, 7) is 14.0. The molecule has 0 N–H and O–H groups in total. The Bertz CT molecular complexity index is 3980. The van der Waals surface area contributed by atoms with Crippen molar-refractivity contribution in [1.29, 1.82) is 0 Å². The molecule has 2 heterocycles. The van der Waals surface area contributed by atoms with Crippen molar-refractivity contribution in [1.82, 2.24) is 0 Å².